The van der Waals surface area contributed by atoms with Crippen LogP contribution in [0.5, 0.6) is 0 Å². The fraction of sp³-hybridized carbons (Fsp3) is 0.0385. The first-order valence-electron chi connectivity index (χ1n) is 10.1. The summed E-state index contributed by atoms with van der Waals surface area (Å²) in [5.74, 6) is -0.239. The van der Waals surface area contributed by atoms with E-state index in [0.717, 1.165) is 38.1 Å². The van der Waals surface area contributed by atoms with E-state index < -0.39 is 0 Å². The van der Waals surface area contributed by atoms with E-state index in [0.29, 0.717) is 5.56 Å². The van der Waals surface area contributed by atoms with Crippen LogP contribution < -0.4 is 10.6 Å². The van der Waals surface area contributed by atoms with Crippen LogP contribution in [0.2, 0.25) is 0 Å². The molecule has 6 heteroatoms. The molecule has 0 fully saturated rings. The van der Waals surface area contributed by atoms with Crippen molar-refractivity contribution < 1.29 is 4.79 Å². The standard InChI is InChI=1S/C26H19N3OS2/c1-16-14-20(25-27-22-8-4-5-9-23(22)32-25)12-13-21(16)28-26(31)29-24(30)19-11-10-17-6-2-3-7-18(17)15-19/h2-15H,1H3,(H2,28,29,30,31). The van der Waals surface area contributed by atoms with Gasteiger partial charge in [0.25, 0.3) is 5.91 Å². The van der Waals surface area contributed by atoms with Crippen molar-refractivity contribution in [3.05, 3.63) is 96.1 Å². The number of fused-ring (bicyclic) bond motifs is 2. The third-order valence-corrected chi connectivity index (χ3v) is 6.54. The highest BCUT2D eigenvalue weighted by atomic mass is 32.1. The van der Waals surface area contributed by atoms with Crippen molar-refractivity contribution in [3.63, 3.8) is 0 Å². The number of rotatable bonds is 3. The second kappa shape index (κ2) is 8.49. The van der Waals surface area contributed by atoms with Crippen molar-refractivity contribution in [1.82, 2.24) is 10.3 Å². The maximum atomic E-state index is 12.7. The van der Waals surface area contributed by atoms with Crippen molar-refractivity contribution in [2.75, 3.05) is 5.32 Å². The van der Waals surface area contributed by atoms with Gasteiger partial charge >= 0.3 is 0 Å². The molecule has 1 amide bonds. The fourth-order valence-electron chi connectivity index (χ4n) is 3.59. The van der Waals surface area contributed by atoms with Gasteiger partial charge in [-0.3, -0.25) is 10.1 Å². The van der Waals surface area contributed by atoms with Crippen LogP contribution >= 0.6 is 23.6 Å². The minimum absolute atomic E-state index is 0.239. The Bertz CT molecular complexity index is 1460. The zero-order valence-electron chi connectivity index (χ0n) is 17.3. The van der Waals surface area contributed by atoms with Gasteiger partial charge in [0.2, 0.25) is 0 Å². The topological polar surface area (TPSA) is 54.0 Å². The van der Waals surface area contributed by atoms with Gasteiger partial charge in [0.1, 0.15) is 5.01 Å². The lowest BCUT2D eigenvalue weighted by molar-refractivity contribution is 0.0978. The molecule has 0 saturated heterocycles. The molecule has 0 aliphatic rings. The van der Waals surface area contributed by atoms with Crippen LogP contribution in [-0.4, -0.2) is 16.0 Å². The van der Waals surface area contributed by atoms with Gasteiger partial charge in [0.15, 0.2) is 5.11 Å². The molecule has 156 valence electrons. The minimum Gasteiger partial charge on any atom is -0.332 e. The molecule has 4 nitrogen and oxygen atoms in total. The third kappa shape index (κ3) is 4.10. The van der Waals surface area contributed by atoms with Gasteiger partial charge in [-0.25, -0.2) is 4.98 Å². The molecule has 0 atom stereocenters. The average molecular weight is 454 g/mol. The average Bonchev–Trinajstić information content (AvgIpc) is 3.24. The summed E-state index contributed by atoms with van der Waals surface area (Å²) >= 11 is 7.06. The first kappa shape index (κ1) is 20.3. The molecule has 5 rings (SSSR count). The smallest absolute Gasteiger partial charge is 0.257 e. The van der Waals surface area contributed by atoms with E-state index in [-0.39, 0.29) is 11.0 Å². The molecule has 2 N–H and O–H groups in total. The van der Waals surface area contributed by atoms with Gasteiger partial charge in [-0.15, -0.1) is 11.3 Å². The lowest BCUT2D eigenvalue weighted by atomic mass is 10.1. The lowest BCUT2D eigenvalue weighted by Gasteiger charge is -2.13. The number of anilines is 1. The number of hydrogen-bond acceptors (Lipinski definition) is 4. The van der Waals surface area contributed by atoms with Gasteiger partial charge in [-0.05, 0) is 77.9 Å². The van der Waals surface area contributed by atoms with E-state index >= 15 is 0 Å². The molecule has 1 aromatic heterocycles. The molecule has 0 spiro atoms. The van der Waals surface area contributed by atoms with Crippen LogP contribution in [0.25, 0.3) is 31.6 Å². The Labute approximate surface area is 194 Å². The van der Waals surface area contributed by atoms with Crippen LogP contribution in [0.15, 0.2) is 84.9 Å². The quantitative estimate of drug-likeness (QED) is 0.304. The predicted octanol–water partition coefficient (Wildman–Crippen LogP) is 6.55. The van der Waals surface area contributed by atoms with E-state index in [2.05, 4.69) is 22.8 Å². The molecule has 0 bridgehead atoms. The number of thiazole rings is 1. The van der Waals surface area contributed by atoms with Crippen molar-refractivity contribution in [3.8, 4) is 10.6 Å². The highest BCUT2D eigenvalue weighted by Crippen LogP contribution is 2.31. The Morgan fingerprint density at radius 2 is 1.69 bits per heavy atom. The molecule has 32 heavy (non-hydrogen) atoms. The van der Waals surface area contributed by atoms with E-state index in [1.54, 1.807) is 17.4 Å². The van der Waals surface area contributed by atoms with Gasteiger partial charge in [-0.2, -0.15) is 0 Å². The molecular weight excluding hydrogens is 434 g/mol. The first-order chi connectivity index (χ1) is 15.6. The summed E-state index contributed by atoms with van der Waals surface area (Å²) in [4.78, 5) is 17.4. The molecule has 5 aromatic rings. The SMILES string of the molecule is Cc1cc(-c2nc3ccccc3s2)ccc1NC(=S)NC(=O)c1ccc2ccccc2c1. The minimum atomic E-state index is -0.239. The Morgan fingerprint density at radius 3 is 2.50 bits per heavy atom. The number of amides is 1. The normalized spacial score (nSPS) is 10.9. The number of carbonyl (C=O) groups is 1. The summed E-state index contributed by atoms with van der Waals surface area (Å²) < 4.78 is 1.17. The monoisotopic (exact) mass is 453 g/mol. The first-order valence-corrected chi connectivity index (χ1v) is 11.4. The van der Waals surface area contributed by atoms with Crippen molar-refractivity contribution in [2.45, 2.75) is 6.92 Å². The molecule has 0 unspecified atom stereocenters. The number of nitrogens with one attached hydrogen (secondary N) is 2. The summed E-state index contributed by atoms with van der Waals surface area (Å²) in [6.07, 6.45) is 0. The highest BCUT2D eigenvalue weighted by Gasteiger charge is 2.11. The van der Waals surface area contributed by atoms with E-state index in [9.17, 15) is 4.79 Å². The maximum absolute atomic E-state index is 12.7. The molecule has 0 saturated carbocycles. The van der Waals surface area contributed by atoms with Crippen LogP contribution in [0.1, 0.15) is 15.9 Å². The largest absolute Gasteiger partial charge is 0.332 e. The number of aromatic nitrogens is 1. The van der Waals surface area contributed by atoms with Crippen molar-refractivity contribution >= 4 is 61.3 Å². The van der Waals surface area contributed by atoms with E-state index in [4.69, 9.17) is 17.2 Å². The number of hydrogen-bond donors (Lipinski definition) is 2. The highest BCUT2D eigenvalue weighted by molar-refractivity contribution is 7.80. The van der Waals surface area contributed by atoms with Crippen molar-refractivity contribution in [1.29, 1.82) is 0 Å². The second-order valence-corrected chi connectivity index (χ2v) is 8.93. The van der Waals surface area contributed by atoms with Gasteiger partial charge in [-0.1, -0.05) is 42.5 Å². The Hall–Kier alpha value is -3.61. The summed E-state index contributed by atoms with van der Waals surface area (Å²) in [7, 11) is 0. The number of benzene rings is 4. The molecular formula is C26H19N3OS2. The number of aryl methyl sites for hydroxylation is 1. The van der Waals surface area contributed by atoms with E-state index in [1.165, 1.54) is 4.70 Å². The van der Waals surface area contributed by atoms with E-state index in [1.807, 2.05) is 73.7 Å². The van der Waals surface area contributed by atoms with Gasteiger partial charge < -0.3 is 5.32 Å². The molecule has 0 aliphatic carbocycles. The predicted molar refractivity (Wildman–Crippen MR) is 137 cm³/mol. The van der Waals surface area contributed by atoms with Gasteiger partial charge in [0, 0.05) is 16.8 Å². The second-order valence-electron chi connectivity index (χ2n) is 7.49. The number of para-hydroxylation sites is 1. The van der Waals surface area contributed by atoms with Crippen LogP contribution in [0.3, 0.4) is 0 Å². The molecule has 4 aromatic carbocycles. The number of nitrogens with zero attached hydrogens (tertiary/aromatic N) is 1. The number of carbonyl (C=O) groups excluding carboxylic acids is 1. The lowest BCUT2D eigenvalue weighted by Crippen LogP contribution is -2.34. The summed E-state index contributed by atoms with van der Waals surface area (Å²) in [5, 5.41) is 9.26. The Morgan fingerprint density at radius 1 is 0.906 bits per heavy atom. The van der Waals surface area contributed by atoms with Crippen LogP contribution in [0.4, 0.5) is 5.69 Å². The maximum Gasteiger partial charge on any atom is 0.257 e. The Kier molecular flexibility index (Phi) is 5.39. The summed E-state index contributed by atoms with van der Waals surface area (Å²) in [6.45, 7) is 2.01. The zero-order valence-corrected chi connectivity index (χ0v) is 18.9. The van der Waals surface area contributed by atoms with Crippen LogP contribution in [0, 0.1) is 6.92 Å². The Balaban J connectivity index is 1.29. The van der Waals surface area contributed by atoms with Gasteiger partial charge in [0.05, 0.1) is 10.2 Å². The third-order valence-electron chi connectivity index (χ3n) is 5.25. The number of thiocarbonyl (C=S) groups is 1. The van der Waals surface area contributed by atoms with Crippen molar-refractivity contribution in [2.24, 2.45) is 0 Å². The molecule has 1 heterocycles. The molecule has 0 radical (unpaired) electrons. The summed E-state index contributed by atoms with van der Waals surface area (Å²) in [6, 6.07) is 27.7. The van der Waals surface area contributed by atoms with Crippen LogP contribution in [-0.2, 0) is 0 Å². The molecule has 0 aliphatic heterocycles. The zero-order chi connectivity index (χ0) is 22.1. The fourth-order valence-corrected chi connectivity index (χ4v) is 4.76. The summed E-state index contributed by atoms with van der Waals surface area (Å²) in [5.41, 5.74) is 4.49.